The number of halogens is 1. The van der Waals surface area contributed by atoms with Gasteiger partial charge >= 0.3 is 5.97 Å². The Morgan fingerprint density at radius 3 is 2.73 bits per heavy atom. The zero-order valence-electron chi connectivity index (χ0n) is 17.5. The van der Waals surface area contributed by atoms with Gasteiger partial charge < -0.3 is 25.6 Å². The molecule has 2 rings (SSSR count). The number of rotatable bonds is 9. The molecule has 4 N–H and O–H groups in total. The third kappa shape index (κ3) is 4.95. The van der Waals surface area contributed by atoms with Crippen molar-refractivity contribution in [2.24, 2.45) is 11.8 Å². The number of hydrogen-bond donors (Lipinski definition) is 4. The van der Waals surface area contributed by atoms with Crippen molar-refractivity contribution in [3.05, 3.63) is 12.2 Å². The first-order chi connectivity index (χ1) is 14.1. The molecule has 0 aromatic carbocycles. The molecule has 0 bridgehead atoms. The third-order valence-electron chi connectivity index (χ3n) is 5.90. The predicted octanol–water partition coefficient (Wildman–Crippen LogP) is 0.937. The van der Waals surface area contributed by atoms with Crippen LogP contribution in [0.2, 0.25) is 0 Å². The van der Waals surface area contributed by atoms with Gasteiger partial charge in [-0.15, -0.1) is 23.4 Å². The van der Waals surface area contributed by atoms with Crippen LogP contribution in [-0.4, -0.2) is 69.4 Å². The summed E-state index contributed by atoms with van der Waals surface area (Å²) >= 11 is 6.78. The molecular formula is C20H31ClN2O6S. The summed E-state index contributed by atoms with van der Waals surface area (Å²) in [6.07, 6.45) is 5.33. The number of allylic oxidation sites excluding steroid dienone is 1. The van der Waals surface area contributed by atoms with E-state index in [-0.39, 0.29) is 30.7 Å². The Bertz CT molecular complexity index is 688. The Morgan fingerprint density at radius 1 is 1.50 bits per heavy atom. The molecule has 2 aliphatic rings. The number of hydrogen-bond acceptors (Lipinski definition) is 7. The van der Waals surface area contributed by atoms with Gasteiger partial charge in [-0.1, -0.05) is 12.2 Å². The van der Waals surface area contributed by atoms with Gasteiger partial charge in [0.25, 0.3) is 0 Å². The predicted molar refractivity (Wildman–Crippen MR) is 115 cm³/mol. The number of alkyl halides is 1. The Morgan fingerprint density at radius 2 is 2.20 bits per heavy atom. The number of carbonyl (C=O) groups excluding carboxylic acids is 3. The van der Waals surface area contributed by atoms with Crippen LogP contribution >= 0.6 is 23.4 Å². The van der Waals surface area contributed by atoms with Crippen molar-refractivity contribution < 1.29 is 29.3 Å². The monoisotopic (exact) mass is 462 g/mol. The number of aliphatic hydroxyl groups excluding tert-OH is 1. The summed E-state index contributed by atoms with van der Waals surface area (Å²) in [6.45, 7) is 2.73. The van der Waals surface area contributed by atoms with Gasteiger partial charge in [-0.25, -0.2) is 0 Å². The second kappa shape index (κ2) is 10.3. The molecule has 0 aromatic heterocycles. The highest BCUT2D eigenvalue weighted by Gasteiger charge is 2.66. The van der Waals surface area contributed by atoms with Crippen LogP contribution in [0.25, 0.3) is 0 Å². The molecular weight excluding hydrogens is 432 g/mol. The lowest BCUT2D eigenvalue weighted by Crippen LogP contribution is -2.65. The summed E-state index contributed by atoms with van der Waals surface area (Å²) in [4.78, 5) is 35.1. The molecule has 1 heterocycles. The van der Waals surface area contributed by atoms with E-state index in [4.69, 9.17) is 16.3 Å². The largest absolute Gasteiger partial charge is 0.468 e. The Kier molecular flexibility index (Phi) is 8.61. The molecule has 0 spiro atoms. The first-order valence-corrected chi connectivity index (χ1v) is 11.5. The highest BCUT2D eigenvalue weighted by molar-refractivity contribution is 8.02. The van der Waals surface area contributed by atoms with Crippen molar-refractivity contribution in [2.45, 2.75) is 61.4 Å². The highest BCUT2D eigenvalue weighted by atomic mass is 35.5. The van der Waals surface area contributed by atoms with Crippen LogP contribution in [0.15, 0.2) is 12.2 Å². The molecule has 1 unspecified atom stereocenters. The quantitative estimate of drug-likeness (QED) is 0.228. The average Bonchev–Trinajstić information content (AvgIpc) is 2.91. The fourth-order valence-electron chi connectivity index (χ4n) is 4.19. The maximum absolute atomic E-state index is 12.8. The number of carbonyl (C=O) groups is 3. The summed E-state index contributed by atoms with van der Waals surface area (Å²) in [6, 6.07) is 0. The van der Waals surface area contributed by atoms with Crippen molar-refractivity contribution in [2.75, 3.05) is 19.5 Å². The van der Waals surface area contributed by atoms with Crippen molar-refractivity contribution in [3.63, 3.8) is 0 Å². The number of nitrogens with one attached hydrogen (secondary N) is 2. The maximum atomic E-state index is 12.8. The standard InChI is InChI=1S/C20H31ClN2O6S/c1-12(24)22-11-15(18(27)29-3)30-20(16(25)13-7-5-4-6-8-13)19(2,28)14(9-10-21)17(26)23-20/h5,7,13-16,25,28H,4,6,8-11H2,1-3H3,(H,22,24)(H,23,26)/t13-,14+,15?,16+,19+,20+/m1/s1. The SMILES string of the molecule is COC(=O)C(CNC(C)=O)S[C@]1([C@@H](O)[C@@H]2C=CCCC2)NC(=O)[C@H](CCCl)[C@]1(C)O. The molecule has 0 aromatic rings. The lowest BCUT2D eigenvalue weighted by molar-refractivity contribution is -0.140. The van der Waals surface area contributed by atoms with Gasteiger partial charge in [-0.3, -0.25) is 14.4 Å². The Labute approximate surface area is 186 Å². The van der Waals surface area contributed by atoms with Crippen LogP contribution in [0.3, 0.4) is 0 Å². The first kappa shape index (κ1) is 25.0. The van der Waals surface area contributed by atoms with E-state index in [1.807, 2.05) is 12.2 Å². The third-order valence-corrected chi connectivity index (χ3v) is 7.89. The minimum absolute atomic E-state index is 0.0756. The topological polar surface area (TPSA) is 125 Å². The van der Waals surface area contributed by atoms with E-state index in [1.165, 1.54) is 21.0 Å². The molecule has 0 radical (unpaired) electrons. The van der Waals surface area contributed by atoms with Gasteiger partial charge in [0.2, 0.25) is 11.8 Å². The normalized spacial score (nSPS) is 32.9. The molecule has 1 saturated heterocycles. The van der Waals surface area contributed by atoms with E-state index < -0.39 is 39.6 Å². The fraction of sp³-hybridized carbons (Fsp3) is 0.750. The van der Waals surface area contributed by atoms with E-state index in [0.29, 0.717) is 6.42 Å². The first-order valence-electron chi connectivity index (χ1n) is 10.1. The minimum Gasteiger partial charge on any atom is -0.468 e. The van der Waals surface area contributed by atoms with Gasteiger partial charge in [0.15, 0.2) is 0 Å². The number of esters is 1. The van der Waals surface area contributed by atoms with Crippen molar-refractivity contribution in [1.82, 2.24) is 10.6 Å². The van der Waals surface area contributed by atoms with Crippen LogP contribution in [0.1, 0.15) is 39.5 Å². The second-order valence-electron chi connectivity index (χ2n) is 7.94. The van der Waals surface area contributed by atoms with Crippen LogP contribution in [0.5, 0.6) is 0 Å². The molecule has 0 saturated carbocycles. The molecule has 170 valence electrons. The van der Waals surface area contributed by atoms with Gasteiger partial charge in [0.05, 0.1) is 19.1 Å². The zero-order chi connectivity index (χ0) is 22.5. The second-order valence-corrected chi connectivity index (χ2v) is 9.76. The Hall–Kier alpha value is -1.29. The van der Waals surface area contributed by atoms with Crippen molar-refractivity contribution >= 4 is 41.1 Å². The summed E-state index contributed by atoms with van der Waals surface area (Å²) in [5.41, 5.74) is -1.71. The summed E-state index contributed by atoms with van der Waals surface area (Å²) < 4.78 is 4.87. The molecule has 8 nitrogen and oxygen atoms in total. The van der Waals surface area contributed by atoms with Gasteiger partial charge in [-0.2, -0.15) is 0 Å². The van der Waals surface area contributed by atoms with E-state index in [2.05, 4.69) is 10.6 Å². The number of methoxy groups -OCH3 is 1. The zero-order valence-corrected chi connectivity index (χ0v) is 19.1. The van der Waals surface area contributed by atoms with Crippen LogP contribution in [-0.2, 0) is 19.1 Å². The fourth-order valence-corrected chi connectivity index (χ4v) is 6.07. The van der Waals surface area contributed by atoms with Crippen molar-refractivity contribution in [1.29, 1.82) is 0 Å². The van der Waals surface area contributed by atoms with E-state index in [0.717, 1.165) is 24.6 Å². The van der Waals surface area contributed by atoms with Gasteiger partial charge in [0.1, 0.15) is 15.7 Å². The van der Waals surface area contributed by atoms with Crippen LogP contribution in [0, 0.1) is 11.8 Å². The molecule has 30 heavy (non-hydrogen) atoms. The van der Waals surface area contributed by atoms with Crippen LogP contribution in [0.4, 0.5) is 0 Å². The lowest BCUT2D eigenvalue weighted by atomic mass is 9.77. The molecule has 2 amide bonds. The van der Waals surface area contributed by atoms with Crippen LogP contribution < -0.4 is 10.6 Å². The van der Waals surface area contributed by atoms with E-state index >= 15 is 0 Å². The minimum atomic E-state index is -1.71. The number of ether oxygens (including phenoxy) is 1. The average molecular weight is 463 g/mol. The summed E-state index contributed by atoms with van der Waals surface area (Å²) in [7, 11) is 1.22. The summed E-state index contributed by atoms with van der Waals surface area (Å²) in [5, 5.41) is 27.4. The van der Waals surface area contributed by atoms with Gasteiger partial charge in [0, 0.05) is 25.3 Å². The molecule has 10 heteroatoms. The Balaban J connectivity index is 2.48. The van der Waals surface area contributed by atoms with E-state index in [9.17, 15) is 24.6 Å². The van der Waals surface area contributed by atoms with Gasteiger partial charge in [-0.05, 0) is 32.6 Å². The number of thioether (sulfide) groups is 1. The highest BCUT2D eigenvalue weighted by Crippen LogP contribution is 2.51. The lowest BCUT2D eigenvalue weighted by Gasteiger charge is -2.47. The van der Waals surface area contributed by atoms with E-state index in [1.54, 1.807) is 0 Å². The van der Waals surface area contributed by atoms with Crippen molar-refractivity contribution in [3.8, 4) is 0 Å². The molecule has 1 fully saturated rings. The number of amides is 2. The number of aliphatic hydroxyl groups is 2. The molecule has 1 aliphatic carbocycles. The smallest absolute Gasteiger partial charge is 0.320 e. The summed E-state index contributed by atoms with van der Waals surface area (Å²) in [5.74, 6) is -2.42. The molecule has 1 aliphatic heterocycles. The maximum Gasteiger partial charge on any atom is 0.320 e. The molecule has 6 atom stereocenters.